The minimum atomic E-state index is -1.47. The maximum Gasteiger partial charge on any atom is 0.187 e. The second-order valence-electron chi connectivity index (χ2n) is 1.44. The number of unbranched alkanes of at least 4 members (excludes halogenated alkanes) is 1. The van der Waals surface area contributed by atoms with E-state index in [1.807, 2.05) is 6.92 Å². The van der Waals surface area contributed by atoms with Crippen LogP contribution in [0.5, 0.6) is 0 Å². The highest BCUT2D eigenvalue weighted by atomic mass is 32.2. The second kappa shape index (κ2) is 5.21. The third kappa shape index (κ3) is 4.23. The Morgan fingerprint density at radius 2 is 2.38 bits per heavy atom. The Kier molecular flexibility index (Phi) is 5.26. The normalized spacial score (nSPS) is 13.8. The van der Waals surface area contributed by atoms with Crippen LogP contribution in [0.1, 0.15) is 19.8 Å². The first-order chi connectivity index (χ1) is 3.81. The van der Waals surface area contributed by atoms with Gasteiger partial charge in [-0.2, -0.15) is 0 Å². The van der Waals surface area contributed by atoms with Gasteiger partial charge in [0.1, 0.15) is 0 Å². The molecule has 0 aromatic rings. The minimum absolute atomic E-state index is 0.424. The molecule has 3 nitrogen and oxygen atoms in total. The third-order valence-corrected chi connectivity index (χ3v) is 1.54. The lowest BCUT2D eigenvalue weighted by molar-refractivity contribution is -0.124. The van der Waals surface area contributed by atoms with Crippen LogP contribution in [0.3, 0.4) is 0 Å². The first kappa shape index (κ1) is 8.07. The smallest absolute Gasteiger partial charge is 0.187 e. The molecule has 0 saturated heterocycles. The van der Waals surface area contributed by atoms with Gasteiger partial charge in [0.05, 0.1) is 5.75 Å². The van der Waals surface area contributed by atoms with Crippen molar-refractivity contribution in [2.45, 2.75) is 19.8 Å². The van der Waals surface area contributed by atoms with Gasteiger partial charge in [0, 0.05) is 0 Å². The summed E-state index contributed by atoms with van der Waals surface area (Å²) in [5, 5.41) is 7.76. The molecule has 0 spiro atoms. The summed E-state index contributed by atoms with van der Waals surface area (Å²) in [6.07, 6.45) is 1.79. The van der Waals surface area contributed by atoms with Crippen molar-refractivity contribution in [2.75, 3.05) is 5.75 Å². The third-order valence-electron chi connectivity index (χ3n) is 0.748. The highest BCUT2D eigenvalue weighted by molar-refractivity contribution is 7.80. The monoisotopic (exact) mass is 138 g/mol. The van der Waals surface area contributed by atoms with Crippen LogP contribution in [-0.2, 0) is 15.4 Å². The standard InChI is InChI=1S/C4H10O3S/c1-2-3-4-8(6)7-5/h5H,2-4H2,1H3. The van der Waals surface area contributed by atoms with E-state index < -0.39 is 11.1 Å². The molecule has 0 amide bonds. The summed E-state index contributed by atoms with van der Waals surface area (Å²) in [6.45, 7) is 1.98. The van der Waals surface area contributed by atoms with Gasteiger partial charge in [0.2, 0.25) is 0 Å². The van der Waals surface area contributed by atoms with Crippen LogP contribution >= 0.6 is 0 Å². The maximum atomic E-state index is 10.2. The van der Waals surface area contributed by atoms with Gasteiger partial charge in [-0.3, -0.25) is 0 Å². The Morgan fingerprint density at radius 3 is 2.75 bits per heavy atom. The molecule has 4 heteroatoms. The molecule has 0 aromatic carbocycles. The fraction of sp³-hybridized carbons (Fsp3) is 1.00. The zero-order chi connectivity index (χ0) is 6.41. The molecule has 0 radical (unpaired) electrons. The van der Waals surface area contributed by atoms with Crippen molar-refractivity contribution in [1.82, 2.24) is 0 Å². The zero-order valence-corrected chi connectivity index (χ0v) is 5.61. The molecule has 1 atom stereocenters. The Morgan fingerprint density at radius 1 is 1.75 bits per heavy atom. The predicted octanol–water partition coefficient (Wildman–Crippen LogP) is 0.940. The van der Waals surface area contributed by atoms with Crippen molar-refractivity contribution in [3.8, 4) is 0 Å². The average molecular weight is 138 g/mol. The molecular formula is C4H10O3S. The van der Waals surface area contributed by atoms with Crippen molar-refractivity contribution >= 4 is 11.1 Å². The Labute approximate surface area is 51.3 Å². The molecule has 0 saturated carbocycles. The van der Waals surface area contributed by atoms with E-state index in [0.717, 1.165) is 12.8 Å². The van der Waals surface area contributed by atoms with Crippen molar-refractivity contribution in [2.24, 2.45) is 0 Å². The Bertz CT molecular complexity index is 73.7. The van der Waals surface area contributed by atoms with Crippen LogP contribution in [0.25, 0.3) is 0 Å². The van der Waals surface area contributed by atoms with E-state index >= 15 is 0 Å². The summed E-state index contributed by atoms with van der Waals surface area (Å²) in [5.41, 5.74) is 0. The lowest BCUT2D eigenvalue weighted by Crippen LogP contribution is -1.97. The van der Waals surface area contributed by atoms with E-state index in [4.69, 9.17) is 5.26 Å². The molecule has 0 bridgehead atoms. The summed E-state index contributed by atoms with van der Waals surface area (Å²) in [5.74, 6) is 0.424. The Hall–Kier alpha value is 0.0700. The fourth-order valence-electron chi connectivity index (χ4n) is 0.299. The molecular weight excluding hydrogens is 128 g/mol. The fourth-order valence-corrected chi connectivity index (χ4v) is 0.898. The maximum absolute atomic E-state index is 10.2. The number of rotatable bonds is 4. The van der Waals surface area contributed by atoms with E-state index in [1.165, 1.54) is 0 Å². The molecule has 0 heterocycles. The van der Waals surface area contributed by atoms with Crippen LogP contribution in [-0.4, -0.2) is 15.2 Å². The van der Waals surface area contributed by atoms with Gasteiger partial charge in [-0.15, -0.1) is 4.33 Å². The van der Waals surface area contributed by atoms with Crippen molar-refractivity contribution in [3.05, 3.63) is 0 Å². The van der Waals surface area contributed by atoms with Crippen LogP contribution in [0.4, 0.5) is 0 Å². The van der Waals surface area contributed by atoms with E-state index in [9.17, 15) is 4.21 Å². The quantitative estimate of drug-likeness (QED) is 0.464. The highest BCUT2D eigenvalue weighted by Gasteiger charge is 1.94. The molecule has 0 fully saturated rings. The molecule has 1 N–H and O–H groups in total. The van der Waals surface area contributed by atoms with Gasteiger partial charge >= 0.3 is 0 Å². The van der Waals surface area contributed by atoms with Crippen molar-refractivity contribution in [1.29, 1.82) is 0 Å². The van der Waals surface area contributed by atoms with Gasteiger partial charge in [-0.25, -0.2) is 9.47 Å². The molecule has 50 valence electrons. The van der Waals surface area contributed by atoms with Crippen LogP contribution < -0.4 is 0 Å². The van der Waals surface area contributed by atoms with Gasteiger partial charge in [0.15, 0.2) is 11.1 Å². The van der Waals surface area contributed by atoms with Crippen LogP contribution in [0, 0.1) is 0 Å². The first-order valence-corrected chi connectivity index (χ1v) is 3.76. The summed E-state index contributed by atoms with van der Waals surface area (Å²) in [7, 11) is 0. The summed E-state index contributed by atoms with van der Waals surface area (Å²) in [6, 6.07) is 0. The van der Waals surface area contributed by atoms with Crippen molar-refractivity contribution in [3.63, 3.8) is 0 Å². The predicted molar refractivity (Wildman–Crippen MR) is 31.6 cm³/mol. The van der Waals surface area contributed by atoms with E-state index in [1.54, 1.807) is 0 Å². The summed E-state index contributed by atoms with van der Waals surface area (Å²) >= 11 is -1.47. The molecule has 0 aliphatic rings. The number of hydrogen-bond donors (Lipinski definition) is 1. The molecule has 0 aliphatic carbocycles. The van der Waals surface area contributed by atoms with Crippen LogP contribution in [0.2, 0.25) is 0 Å². The molecule has 8 heavy (non-hydrogen) atoms. The second-order valence-corrected chi connectivity index (χ2v) is 2.60. The Balaban J connectivity index is 2.99. The molecule has 0 aromatic heterocycles. The lowest BCUT2D eigenvalue weighted by atomic mass is 10.4. The van der Waals surface area contributed by atoms with Crippen LogP contribution in [0.15, 0.2) is 0 Å². The van der Waals surface area contributed by atoms with Gasteiger partial charge < -0.3 is 0 Å². The largest absolute Gasteiger partial charge is 0.237 e. The zero-order valence-electron chi connectivity index (χ0n) is 4.79. The summed E-state index contributed by atoms with van der Waals surface area (Å²) in [4.78, 5) is 0. The molecule has 0 rings (SSSR count). The number of hydrogen-bond acceptors (Lipinski definition) is 3. The molecule has 0 aliphatic heterocycles. The van der Waals surface area contributed by atoms with Crippen molar-refractivity contribution < 1.29 is 13.8 Å². The summed E-state index contributed by atoms with van der Waals surface area (Å²) < 4.78 is 13.7. The van der Waals surface area contributed by atoms with Gasteiger partial charge in [-0.1, -0.05) is 13.3 Å². The topological polar surface area (TPSA) is 46.5 Å². The minimum Gasteiger partial charge on any atom is -0.237 e. The van der Waals surface area contributed by atoms with E-state index in [-0.39, 0.29) is 0 Å². The van der Waals surface area contributed by atoms with E-state index in [0.29, 0.717) is 5.75 Å². The average Bonchev–Trinajstić information content (AvgIpc) is 1.83. The first-order valence-electron chi connectivity index (χ1n) is 2.51. The van der Waals surface area contributed by atoms with Gasteiger partial charge in [0.25, 0.3) is 0 Å². The van der Waals surface area contributed by atoms with E-state index in [2.05, 4.69) is 4.33 Å². The SMILES string of the molecule is CCCCS(=O)OO. The lowest BCUT2D eigenvalue weighted by Gasteiger charge is -1.91. The molecule has 1 unspecified atom stereocenters. The van der Waals surface area contributed by atoms with Gasteiger partial charge in [-0.05, 0) is 6.42 Å². The highest BCUT2D eigenvalue weighted by Crippen LogP contribution is 1.90.